The highest BCUT2D eigenvalue weighted by Gasteiger charge is 2.49. The third-order valence-corrected chi connectivity index (χ3v) is 5.82. The summed E-state index contributed by atoms with van der Waals surface area (Å²) in [5, 5.41) is 29.3. The Morgan fingerprint density at radius 3 is 2.25 bits per heavy atom. The number of carbonyl (C=O) groups is 1. The van der Waals surface area contributed by atoms with Gasteiger partial charge in [-0.2, -0.15) is 0 Å². The van der Waals surface area contributed by atoms with E-state index < -0.39 is 11.9 Å². The van der Waals surface area contributed by atoms with Crippen LogP contribution in [0.15, 0.2) is 42.5 Å². The van der Waals surface area contributed by atoms with Crippen molar-refractivity contribution in [3.05, 3.63) is 48.1 Å². The first-order valence-corrected chi connectivity index (χ1v) is 8.52. The molecule has 24 heavy (non-hydrogen) atoms. The second kappa shape index (κ2) is 6.00. The van der Waals surface area contributed by atoms with E-state index in [0.29, 0.717) is 0 Å². The molecule has 1 saturated carbocycles. The van der Waals surface area contributed by atoms with Gasteiger partial charge in [0.1, 0.15) is 11.5 Å². The lowest BCUT2D eigenvalue weighted by atomic mass is 9.53. The molecule has 0 aliphatic heterocycles. The van der Waals surface area contributed by atoms with E-state index in [1.807, 2.05) is 18.2 Å². The van der Waals surface area contributed by atoms with Crippen molar-refractivity contribution in [2.24, 2.45) is 11.3 Å². The fraction of sp³-hybridized carbons (Fsp3) is 0.450. The predicted molar refractivity (Wildman–Crippen MR) is 92.0 cm³/mol. The zero-order chi connectivity index (χ0) is 17.4. The Bertz CT molecular complexity index is 682. The summed E-state index contributed by atoms with van der Waals surface area (Å²) in [7, 11) is 0. The molecule has 2 aliphatic rings. The predicted octanol–water partition coefficient (Wildman–Crippen LogP) is 4.13. The van der Waals surface area contributed by atoms with Gasteiger partial charge in [0, 0.05) is 22.5 Å². The van der Waals surface area contributed by atoms with Crippen LogP contribution in [-0.4, -0.2) is 21.3 Å². The summed E-state index contributed by atoms with van der Waals surface area (Å²) in [5.74, 6) is -1.28. The van der Waals surface area contributed by atoms with Gasteiger partial charge in [-0.3, -0.25) is 4.79 Å². The van der Waals surface area contributed by atoms with Crippen molar-refractivity contribution >= 4 is 5.97 Å². The van der Waals surface area contributed by atoms with Crippen LogP contribution in [0.1, 0.15) is 44.6 Å². The number of carboxylic acids is 1. The lowest BCUT2D eigenvalue weighted by molar-refractivity contribution is -0.138. The minimum Gasteiger partial charge on any atom is -0.508 e. The maximum atomic E-state index is 11.2. The van der Waals surface area contributed by atoms with Crippen LogP contribution < -0.4 is 0 Å². The Labute approximate surface area is 142 Å². The smallest absolute Gasteiger partial charge is 0.314 e. The molecule has 0 aromatic heterocycles. The van der Waals surface area contributed by atoms with Gasteiger partial charge in [0.15, 0.2) is 0 Å². The number of allylic oxidation sites excluding steroid dienone is 2. The van der Waals surface area contributed by atoms with Crippen LogP contribution in [0.4, 0.5) is 0 Å². The standard InChI is InChI=1S/C20H24O4/c1-19(11-7-14(8-12-19)18(23)24)20(9-3-2-4-10-20)16-6-5-15(21)13-17(16)22/h5-8,11-14,21-22H,2-4,9-10H2,1H3,(H,23,24)/t14-,19-. The maximum Gasteiger partial charge on any atom is 0.314 e. The van der Waals surface area contributed by atoms with Crippen molar-refractivity contribution < 1.29 is 20.1 Å². The molecule has 3 N–H and O–H groups in total. The summed E-state index contributed by atoms with van der Waals surface area (Å²) in [6.07, 6.45) is 12.6. The van der Waals surface area contributed by atoms with Crippen molar-refractivity contribution in [2.45, 2.75) is 44.4 Å². The molecular weight excluding hydrogens is 304 g/mol. The molecule has 1 fully saturated rings. The highest BCUT2D eigenvalue weighted by molar-refractivity contribution is 5.75. The van der Waals surface area contributed by atoms with Gasteiger partial charge in [-0.1, -0.05) is 56.6 Å². The monoisotopic (exact) mass is 328 g/mol. The van der Waals surface area contributed by atoms with Crippen LogP contribution in [0.2, 0.25) is 0 Å². The quantitative estimate of drug-likeness (QED) is 0.729. The summed E-state index contributed by atoms with van der Waals surface area (Å²) in [6, 6.07) is 4.82. The summed E-state index contributed by atoms with van der Waals surface area (Å²) in [6.45, 7) is 2.11. The van der Waals surface area contributed by atoms with Gasteiger partial charge >= 0.3 is 5.97 Å². The van der Waals surface area contributed by atoms with E-state index in [0.717, 1.165) is 31.2 Å². The number of phenolic OH excluding ortho intramolecular Hbond substituents is 2. The molecule has 0 spiro atoms. The average molecular weight is 328 g/mol. The summed E-state index contributed by atoms with van der Waals surface area (Å²) >= 11 is 0. The molecule has 0 atom stereocenters. The van der Waals surface area contributed by atoms with Gasteiger partial charge in [0.05, 0.1) is 5.92 Å². The van der Waals surface area contributed by atoms with Crippen molar-refractivity contribution in [2.75, 3.05) is 0 Å². The molecule has 3 rings (SSSR count). The molecule has 128 valence electrons. The highest BCUT2D eigenvalue weighted by Crippen LogP contribution is 2.56. The number of benzene rings is 1. The molecule has 1 aromatic carbocycles. The van der Waals surface area contributed by atoms with Crippen molar-refractivity contribution in [3.8, 4) is 11.5 Å². The summed E-state index contributed by atoms with van der Waals surface area (Å²) < 4.78 is 0. The zero-order valence-corrected chi connectivity index (χ0v) is 13.9. The molecule has 0 amide bonds. The van der Waals surface area contributed by atoms with Crippen LogP contribution in [0, 0.1) is 11.3 Å². The highest BCUT2D eigenvalue weighted by atomic mass is 16.4. The van der Waals surface area contributed by atoms with E-state index in [1.54, 1.807) is 18.2 Å². The fourth-order valence-corrected chi connectivity index (χ4v) is 4.39. The van der Waals surface area contributed by atoms with E-state index in [-0.39, 0.29) is 22.3 Å². The first-order chi connectivity index (χ1) is 11.4. The zero-order valence-electron chi connectivity index (χ0n) is 13.9. The first kappa shape index (κ1) is 16.6. The number of aliphatic carboxylic acids is 1. The Kier molecular flexibility index (Phi) is 4.16. The Hall–Kier alpha value is -2.23. The van der Waals surface area contributed by atoms with Crippen LogP contribution in [0.25, 0.3) is 0 Å². The molecule has 0 saturated heterocycles. The second-order valence-electron chi connectivity index (χ2n) is 7.21. The molecular formula is C20H24O4. The first-order valence-electron chi connectivity index (χ1n) is 8.52. The van der Waals surface area contributed by atoms with Gasteiger partial charge < -0.3 is 15.3 Å². The number of rotatable bonds is 3. The second-order valence-corrected chi connectivity index (χ2v) is 7.21. The Morgan fingerprint density at radius 2 is 1.71 bits per heavy atom. The number of hydrogen-bond donors (Lipinski definition) is 3. The van der Waals surface area contributed by atoms with Crippen molar-refractivity contribution in [3.63, 3.8) is 0 Å². The average Bonchev–Trinajstić information content (AvgIpc) is 2.55. The van der Waals surface area contributed by atoms with Crippen LogP contribution >= 0.6 is 0 Å². The largest absolute Gasteiger partial charge is 0.508 e. The Morgan fingerprint density at radius 1 is 1.08 bits per heavy atom. The van der Waals surface area contributed by atoms with Crippen LogP contribution in [-0.2, 0) is 10.2 Å². The van der Waals surface area contributed by atoms with Gasteiger partial charge in [0.2, 0.25) is 0 Å². The minimum atomic E-state index is -0.852. The summed E-state index contributed by atoms with van der Waals surface area (Å²) in [4.78, 5) is 11.2. The number of hydrogen-bond acceptors (Lipinski definition) is 3. The third kappa shape index (κ3) is 2.60. The SMILES string of the molecule is C[C@]1(C2(c3ccc(O)cc3O)CCCCC2)C=C[C@H](C(=O)O)C=C1. The lowest BCUT2D eigenvalue weighted by Gasteiger charge is -2.50. The Balaban J connectivity index is 2.09. The molecule has 0 radical (unpaired) electrons. The molecule has 4 nitrogen and oxygen atoms in total. The third-order valence-electron chi connectivity index (χ3n) is 5.82. The molecule has 4 heteroatoms. The molecule has 0 heterocycles. The maximum absolute atomic E-state index is 11.2. The van der Waals surface area contributed by atoms with Gasteiger partial charge in [0.25, 0.3) is 0 Å². The van der Waals surface area contributed by atoms with Gasteiger partial charge in [-0.25, -0.2) is 0 Å². The van der Waals surface area contributed by atoms with Crippen molar-refractivity contribution in [1.82, 2.24) is 0 Å². The van der Waals surface area contributed by atoms with E-state index in [2.05, 4.69) is 6.92 Å². The number of phenols is 2. The van der Waals surface area contributed by atoms with Crippen LogP contribution in [0.5, 0.6) is 11.5 Å². The number of aromatic hydroxyl groups is 2. The molecule has 1 aromatic rings. The molecule has 2 aliphatic carbocycles. The van der Waals surface area contributed by atoms with E-state index in [1.165, 1.54) is 12.5 Å². The minimum absolute atomic E-state index is 0.0491. The number of carboxylic acid groups (broad SMARTS) is 1. The lowest BCUT2D eigenvalue weighted by Crippen LogP contribution is -2.44. The molecule has 0 bridgehead atoms. The molecule has 0 unspecified atom stereocenters. The van der Waals surface area contributed by atoms with Crippen LogP contribution in [0.3, 0.4) is 0 Å². The van der Waals surface area contributed by atoms with Crippen molar-refractivity contribution in [1.29, 1.82) is 0 Å². The normalized spacial score (nSPS) is 28.6. The van der Waals surface area contributed by atoms with Gasteiger partial charge in [-0.05, 0) is 18.9 Å². The van der Waals surface area contributed by atoms with E-state index >= 15 is 0 Å². The topological polar surface area (TPSA) is 77.8 Å². The van der Waals surface area contributed by atoms with Gasteiger partial charge in [-0.15, -0.1) is 0 Å². The summed E-state index contributed by atoms with van der Waals surface area (Å²) in [5.41, 5.74) is 0.179. The fourth-order valence-electron chi connectivity index (χ4n) is 4.39. The van der Waals surface area contributed by atoms with E-state index in [4.69, 9.17) is 0 Å². The van der Waals surface area contributed by atoms with E-state index in [9.17, 15) is 20.1 Å².